The van der Waals surface area contributed by atoms with Crippen LogP contribution in [0.2, 0.25) is 0 Å². The molecule has 0 saturated heterocycles. The van der Waals surface area contributed by atoms with Crippen LogP contribution in [0.1, 0.15) is 22.6 Å². The van der Waals surface area contributed by atoms with Gasteiger partial charge in [-0.3, -0.25) is 0 Å². The first-order valence-electron chi connectivity index (χ1n) is 8.85. The fourth-order valence-corrected chi connectivity index (χ4v) is 5.01. The first-order chi connectivity index (χ1) is 12.8. The quantitative estimate of drug-likeness (QED) is 0.509. The zero-order valence-corrected chi connectivity index (χ0v) is 15.4. The smallest absolute Gasteiger partial charge is 0.0929 e. The van der Waals surface area contributed by atoms with Crippen molar-refractivity contribution in [2.75, 3.05) is 13.6 Å². The molecule has 26 heavy (non-hydrogen) atoms. The van der Waals surface area contributed by atoms with E-state index in [0.29, 0.717) is 5.92 Å². The van der Waals surface area contributed by atoms with Crippen LogP contribution in [-0.2, 0) is 6.54 Å². The molecule has 2 aromatic heterocycles. The van der Waals surface area contributed by atoms with E-state index in [1.165, 1.54) is 26.8 Å². The van der Waals surface area contributed by atoms with Gasteiger partial charge in [-0.05, 0) is 58.8 Å². The van der Waals surface area contributed by atoms with Crippen LogP contribution in [0.15, 0.2) is 66.2 Å². The molecule has 0 radical (unpaired) electrons. The molecule has 0 N–H and O–H groups in total. The summed E-state index contributed by atoms with van der Waals surface area (Å²) in [6.45, 7) is 2.03. The minimum Gasteiger partial charge on any atom is -0.301 e. The first-order valence-corrected chi connectivity index (χ1v) is 9.73. The van der Waals surface area contributed by atoms with Gasteiger partial charge in [-0.1, -0.05) is 30.3 Å². The van der Waals surface area contributed by atoms with Crippen molar-refractivity contribution in [2.24, 2.45) is 0 Å². The number of hydrogen-bond donors (Lipinski definition) is 0. The van der Waals surface area contributed by atoms with Crippen molar-refractivity contribution < 1.29 is 0 Å². The zero-order valence-electron chi connectivity index (χ0n) is 14.6. The van der Waals surface area contributed by atoms with E-state index >= 15 is 0 Å². The molecule has 1 aliphatic rings. The Balaban J connectivity index is 1.62. The average molecular weight is 357 g/mol. The number of thiophene rings is 1. The highest BCUT2D eigenvalue weighted by Gasteiger charge is 2.27. The van der Waals surface area contributed by atoms with Gasteiger partial charge in [-0.25, -0.2) is 0 Å². The fourth-order valence-electron chi connectivity index (χ4n) is 4.00. The van der Waals surface area contributed by atoms with Crippen molar-refractivity contribution in [1.82, 2.24) is 15.1 Å². The maximum Gasteiger partial charge on any atom is 0.0929 e. The highest BCUT2D eigenvalue weighted by molar-refractivity contribution is 7.17. The third kappa shape index (κ3) is 2.62. The van der Waals surface area contributed by atoms with Crippen LogP contribution in [0.25, 0.3) is 21.3 Å². The molecule has 4 aromatic rings. The summed E-state index contributed by atoms with van der Waals surface area (Å²) in [5.41, 5.74) is 6.36. The third-order valence-corrected chi connectivity index (χ3v) is 6.19. The van der Waals surface area contributed by atoms with E-state index in [0.717, 1.165) is 24.3 Å². The van der Waals surface area contributed by atoms with Gasteiger partial charge in [0.05, 0.1) is 5.69 Å². The Kier molecular flexibility index (Phi) is 3.80. The summed E-state index contributed by atoms with van der Waals surface area (Å²) in [4.78, 5) is 2.42. The van der Waals surface area contributed by atoms with Gasteiger partial charge < -0.3 is 4.90 Å². The summed E-state index contributed by atoms with van der Waals surface area (Å²) in [6, 6.07) is 19.5. The Morgan fingerprint density at radius 1 is 1.04 bits per heavy atom. The van der Waals surface area contributed by atoms with Gasteiger partial charge in [-0.15, -0.1) is 11.3 Å². The molecule has 128 valence electrons. The number of fused-ring (bicyclic) bond motifs is 2. The van der Waals surface area contributed by atoms with Crippen molar-refractivity contribution >= 4 is 21.4 Å². The Morgan fingerprint density at radius 2 is 1.96 bits per heavy atom. The maximum absolute atomic E-state index is 4.26. The third-order valence-electron chi connectivity index (χ3n) is 5.21. The fraction of sp³-hybridized carbons (Fsp3) is 0.182. The first kappa shape index (κ1) is 15.7. The molecule has 0 fully saturated rings. The Morgan fingerprint density at radius 3 is 2.85 bits per heavy atom. The molecule has 0 bridgehead atoms. The molecule has 1 aliphatic heterocycles. The van der Waals surface area contributed by atoms with Crippen LogP contribution in [-0.4, -0.2) is 28.7 Å². The monoisotopic (exact) mass is 357 g/mol. The Labute approximate surface area is 156 Å². The lowest BCUT2D eigenvalue weighted by atomic mass is 9.83. The van der Waals surface area contributed by atoms with Gasteiger partial charge in [0.2, 0.25) is 0 Å². The molecule has 3 nitrogen and oxygen atoms in total. The molecule has 3 heterocycles. The normalized spacial score (nSPS) is 17.3. The molecule has 1 atom stereocenters. The minimum atomic E-state index is 0.413. The lowest BCUT2D eigenvalue weighted by Gasteiger charge is -2.32. The number of aromatic nitrogens is 2. The lowest BCUT2D eigenvalue weighted by molar-refractivity contribution is 0.296. The van der Waals surface area contributed by atoms with E-state index in [9.17, 15) is 0 Å². The SMILES string of the molecule is CN1Cc2cc(-c3cccnn3)ccc2C(c2csc3ccccc23)C1. The maximum atomic E-state index is 4.26. The molecule has 4 heteroatoms. The number of rotatable bonds is 2. The number of benzene rings is 2. The van der Waals surface area contributed by atoms with Crippen LogP contribution < -0.4 is 0 Å². The predicted octanol–water partition coefficient (Wildman–Crippen LogP) is 4.94. The van der Waals surface area contributed by atoms with Crippen LogP contribution in [0, 0.1) is 0 Å². The van der Waals surface area contributed by atoms with E-state index in [1.54, 1.807) is 6.20 Å². The van der Waals surface area contributed by atoms with Crippen LogP contribution >= 0.6 is 11.3 Å². The average Bonchev–Trinajstić information content (AvgIpc) is 3.11. The molecule has 0 spiro atoms. The van der Waals surface area contributed by atoms with Gasteiger partial charge >= 0.3 is 0 Å². The van der Waals surface area contributed by atoms with Crippen molar-refractivity contribution in [3.05, 3.63) is 82.9 Å². The molecule has 1 unspecified atom stereocenters. The second-order valence-corrected chi connectivity index (χ2v) is 7.87. The van der Waals surface area contributed by atoms with E-state index in [4.69, 9.17) is 0 Å². The van der Waals surface area contributed by atoms with Crippen LogP contribution in [0.4, 0.5) is 0 Å². The summed E-state index contributed by atoms with van der Waals surface area (Å²) < 4.78 is 1.37. The standard InChI is InChI=1S/C22H19N3S/c1-25-12-16-11-15(21-6-4-10-23-24-21)8-9-17(16)19(13-25)20-14-26-22-7-3-2-5-18(20)22/h2-11,14,19H,12-13H2,1H3. The highest BCUT2D eigenvalue weighted by atomic mass is 32.1. The highest BCUT2D eigenvalue weighted by Crippen LogP contribution is 2.40. The second kappa shape index (κ2) is 6.31. The molecule has 2 aromatic carbocycles. The van der Waals surface area contributed by atoms with Crippen molar-refractivity contribution in [3.63, 3.8) is 0 Å². The molecule has 0 amide bonds. The molecular formula is C22H19N3S. The summed E-state index contributed by atoms with van der Waals surface area (Å²) >= 11 is 1.85. The van der Waals surface area contributed by atoms with Crippen molar-refractivity contribution in [1.29, 1.82) is 0 Å². The summed E-state index contributed by atoms with van der Waals surface area (Å²) in [6.07, 6.45) is 1.72. The summed E-state index contributed by atoms with van der Waals surface area (Å²) in [7, 11) is 2.21. The van der Waals surface area contributed by atoms with E-state index in [2.05, 4.69) is 70.0 Å². The predicted molar refractivity (Wildman–Crippen MR) is 107 cm³/mol. The lowest BCUT2D eigenvalue weighted by Crippen LogP contribution is -2.30. The van der Waals surface area contributed by atoms with Gasteiger partial charge in [0.15, 0.2) is 0 Å². The zero-order chi connectivity index (χ0) is 17.5. The van der Waals surface area contributed by atoms with Gasteiger partial charge in [0.25, 0.3) is 0 Å². The van der Waals surface area contributed by atoms with E-state index in [-0.39, 0.29) is 0 Å². The van der Waals surface area contributed by atoms with Crippen molar-refractivity contribution in [3.8, 4) is 11.3 Å². The summed E-state index contributed by atoms with van der Waals surface area (Å²) in [5, 5.41) is 12.0. The molecule has 0 aliphatic carbocycles. The molecule has 5 rings (SSSR count). The number of likely N-dealkylation sites (N-methyl/N-ethyl adjacent to an activating group) is 1. The minimum absolute atomic E-state index is 0.413. The molecular weight excluding hydrogens is 338 g/mol. The van der Waals surface area contributed by atoms with Gasteiger partial charge in [0.1, 0.15) is 0 Å². The number of nitrogens with zero attached hydrogens (tertiary/aromatic N) is 3. The largest absolute Gasteiger partial charge is 0.301 e. The Hall–Kier alpha value is -2.56. The topological polar surface area (TPSA) is 29.0 Å². The Bertz CT molecular complexity index is 1070. The second-order valence-electron chi connectivity index (χ2n) is 6.96. The molecule has 0 saturated carbocycles. The van der Waals surface area contributed by atoms with Crippen molar-refractivity contribution in [2.45, 2.75) is 12.5 Å². The van der Waals surface area contributed by atoms with E-state index < -0.39 is 0 Å². The van der Waals surface area contributed by atoms with Crippen LogP contribution in [0.5, 0.6) is 0 Å². The van der Waals surface area contributed by atoms with Gasteiger partial charge in [-0.2, -0.15) is 10.2 Å². The summed E-state index contributed by atoms with van der Waals surface area (Å²) in [5.74, 6) is 0.413. The number of hydrogen-bond acceptors (Lipinski definition) is 4. The van der Waals surface area contributed by atoms with E-state index in [1.807, 2.05) is 23.5 Å². The van der Waals surface area contributed by atoms with Crippen LogP contribution in [0.3, 0.4) is 0 Å². The van der Waals surface area contributed by atoms with Gasteiger partial charge in [0, 0.05) is 35.5 Å².